The van der Waals surface area contributed by atoms with Gasteiger partial charge < -0.3 is 0 Å². The SMILES string of the molecule is Cc1ccccc1CC(=O)NNC(=O)c1cccc(Cl)c1. The Bertz CT molecular complexity index is 671. The molecule has 0 aromatic heterocycles. The fourth-order valence-corrected chi connectivity index (χ4v) is 2.04. The molecule has 0 unspecified atom stereocenters. The van der Waals surface area contributed by atoms with Crippen LogP contribution in [-0.4, -0.2) is 11.8 Å². The number of rotatable bonds is 3. The van der Waals surface area contributed by atoms with Crippen molar-refractivity contribution in [1.82, 2.24) is 10.9 Å². The van der Waals surface area contributed by atoms with Crippen molar-refractivity contribution in [3.05, 3.63) is 70.2 Å². The Labute approximate surface area is 128 Å². The second-order valence-corrected chi connectivity index (χ2v) is 5.05. The molecule has 2 N–H and O–H groups in total. The number of nitrogens with one attached hydrogen (secondary N) is 2. The molecular formula is C16H15ClN2O2. The molecule has 0 bridgehead atoms. The van der Waals surface area contributed by atoms with Gasteiger partial charge in [0.15, 0.2) is 0 Å². The molecule has 2 aromatic carbocycles. The van der Waals surface area contributed by atoms with Gasteiger partial charge in [0.2, 0.25) is 5.91 Å². The Balaban J connectivity index is 1.90. The molecule has 21 heavy (non-hydrogen) atoms. The molecule has 0 atom stereocenters. The fraction of sp³-hybridized carbons (Fsp3) is 0.125. The number of aryl methyl sites for hydroxylation is 1. The monoisotopic (exact) mass is 302 g/mol. The summed E-state index contributed by atoms with van der Waals surface area (Å²) in [6.07, 6.45) is 0.211. The summed E-state index contributed by atoms with van der Waals surface area (Å²) in [5, 5.41) is 0.467. The molecule has 2 aromatic rings. The number of carbonyl (C=O) groups excluding carboxylic acids is 2. The Morgan fingerprint density at radius 2 is 1.81 bits per heavy atom. The van der Waals surface area contributed by atoms with Crippen LogP contribution < -0.4 is 10.9 Å². The van der Waals surface area contributed by atoms with Gasteiger partial charge in [0.1, 0.15) is 0 Å². The predicted molar refractivity (Wildman–Crippen MR) is 81.9 cm³/mol. The molecule has 0 radical (unpaired) electrons. The number of amides is 2. The van der Waals surface area contributed by atoms with Crippen LogP contribution in [0.15, 0.2) is 48.5 Å². The summed E-state index contributed by atoms with van der Waals surface area (Å²) in [4.78, 5) is 23.7. The summed E-state index contributed by atoms with van der Waals surface area (Å²) in [5.74, 6) is -0.685. The summed E-state index contributed by atoms with van der Waals surface area (Å²) in [6, 6.07) is 14.1. The maximum Gasteiger partial charge on any atom is 0.269 e. The third-order valence-electron chi connectivity index (χ3n) is 3.01. The third kappa shape index (κ3) is 4.33. The van der Waals surface area contributed by atoms with Crippen molar-refractivity contribution in [1.29, 1.82) is 0 Å². The standard InChI is InChI=1S/C16H15ClN2O2/c1-11-5-2-3-6-12(11)10-15(20)18-19-16(21)13-7-4-8-14(17)9-13/h2-9H,10H2,1H3,(H,18,20)(H,19,21). The summed E-state index contributed by atoms with van der Waals surface area (Å²) >= 11 is 5.81. The van der Waals surface area contributed by atoms with Crippen LogP contribution in [0.1, 0.15) is 21.5 Å². The van der Waals surface area contributed by atoms with E-state index < -0.39 is 5.91 Å². The van der Waals surface area contributed by atoms with Crippen molar-refractivity contribution in [3.63, 3.8) is 0 Å². The lowest BCUT2D eigenvalue weighted by Crippen LogP contribution is -2.42. The van der Waals surface area contributed by atoms with Gasteiger partial charge >= 0.3 is 0 Å². The Kier molecular flexibility index (Phi) is 4.95. The number of hydrogen-bond donors (Lipinski definition) is 2. The molecule has 108 valence electrons. The van der Waals surface area contributed by atoms with E-state index in [1.54, 1.807) is 18.2 Å². The van der Waals surface area contributed by atoms with Crippen LogP contribution in [0.2, 0.25) is 5.02 Å². The summed E-state index contributed by atoms with van der Waals surface area (Å²) in [7, 11) is 0. The lowest BCUT2D eigenvalue weighted by atomic mass is 10.1. The van der Waals surface area contributed by atoms with E-state index in [4.69, 9.17) is 11.6 Å². The first-order valence-electron chi connectivity index (χ1n) is 6.45. The summed E-state index contributed by atoms with van der Waals surface area (Å²) in [6.45, 7) is 1.94. The Morgan fingerprint density at radius 1 is 1.05 bits per heavy atom. The zero-order valence-electron chi connectivity index (χ0n) is 11.5. The molecule has 2 amide bonds. The molecule has 0 saturated carbocycles. The molecule has 0 aliphatic rings. The van der Waals surface area contributed by atoms with E-state index in [1.165, 1.54) is 6.07 Å². The van der Waals surface area contributed by atoms with Gasteiger partial charge in [-0.05, 0) is 36.2 Å². The van der Waals surface area contributed by atoms with E-state index in [0.29, 0.717) is 10.6 Å². The van der Waals surface area contributed by atoms with Crippen molar-refractivity contribution in [3.8, 4) is 0 Å². The van der Waals surface area contributed by atoms with Crippen LogP contribution in [0.5, 0.6) is 0 Å². The van der Waals surface area contributed by atoms with Gasteiger partial charge in [0.25, 0.3) is 5.91 Å². The number of carbonyl (C=O) groups is 2. The van der Waals surface area contributed by atoms with Crippen LogP contribution in [0, 0.1) is 6.92 Å². The van der Waals surface area contributed by atoms with Crippen molar-refractivity contribution >= 4 is 23.4 Å². The quantitative estimate of drug-likeness (QED) is 0.856. The highest BCUT2D eigenvalue weighted by Crippen LogP contribution is 2.10. The molecule has 5 heteroatoms. The van der Waals surface area contributed by atoms with Crippen LogP contribution in [0.3, 0.4) is 0 Å². The van der Waals surface area contributed by atoms with Gasteiger partial charge in [0.05, 0.1) is 6.42 Å². The van der Waals surface area contributed by atoms with Crippen LogP contribution in [0.25, 0.3) is 0 Å². The minimum Gasteiger partial charge on any atom is -0.273 e. The maximum atomic E-state index is 11.8. The topological polar surface area (TPSA) is 58.2 Å². The lowest BCUT2D eigenvalue weighted by molar-refractivity contribution is -0.121. The number of benzene rings is 2. The van der Waals surface area contributed by atoms with Crippen LogP contribution >= 0.6 is 11.6 Å². The normalized spacial score (nSPS) is 10.0. The largest absolute Gasteiger partial charge is 0.273 e. The second-order valence-electron chi connectivity index (χ2n) is 4.62. The molecule has 0 aliphatic heterocycles. The van der Waals surface area contributed by atoms with E-state index in [-0.39, 0.29) is 12.3 Å². The zero-order valence-corrected chi connectivity index (χ0v) is 12.3. The van der Waals surface area contributed by atoms with Gasteiger partial charge in [0, 0.05) is 10.6 Å². The van der Waals surface area contributed by atoms with Crippen LogP contribution in [-0.2, 0) is 11.2 Å². The van der Waals surface area contributed by atoms with Gasteiger partial charge in [-0.15, -0.1) is 0 Å². The van der Waals surface area contributed by atoms with Crippen LogP contribution in [0.4, 0.5) is 0 Å². The predicted octanol–water partition coefficient (Wildman–Crippen LogP) is 2.65. The summed E-state index contributed by atoms with van der Waals surface area (Å²) in [5.41, 5.74) is 7.11. The minimum atomic E-state index is -0.407. The number of hydrazine groups is 1. The van der Waals surface area contributed by atoms with Crippen molar-refractivity contribution < 1.29 is 9.59 Å². The highest BCUT2D eigenvalue weighted by molar-refractivity contribution is 6.30. The van der Waals surface area contributed by atoms with Gasteiger partial charge in [-0.1, -0.05) is 41.9 Å². The molecule has 0 spiro atoms. The van der Waals surface area contributed by atoms with Gasteiger partial charge in [-0.3, -0.25) is 20.4 Å². The Morgan fingerprint density at radius 3 is 2.52 bits per heavy atom. The minimum absolute atomic E-state index is 0.211. The maximum absolute atomic E-state index is 11.8. The third-order valence-corrected chi connectivity index (χ3v) is 3.25. The smallest absolute Gasteiger partial charge is 0.269 e. The number of halogens is 1. The first-order chi connectivity index (χ1) is 10.1. The van der Waals surface area contributed by atoms with Crippen molar-refractivity contribution in [2.45, 2.75) is 13.3 Å². The van der Waals surface area contributed by atoms with Gasteiger partial charge in [-0.2, -0.15) is 0 Å². The van der Waals surface area contributed by atoms with E-state index in [0.717, 1.165) is 11.1 Å². The first-order valence-corrected chi connectivity index (χ1v) is 6.83. The van der Waals surface area contributed by atoms with Gasteiger partial charge in [-0.25, -0.2) is 0 Å². The number of hydrogen-bond acceptors (Lipinski definition) is 2. The van der Waals surface area contributed by atoms with Crippen molar-refractivity contribution in [2.24, 2.45) is 0 Å². The van der Waals surface area contributed by atoms with E-state index in [9.17, 15) is 9.59 Å². The fourth-order valence-electron chi connectivity index (χ4n) is 1.85. The first kappa shape index (κ1) is 15.1. The molecule has 0 aliphatic carbocycles. The van der Waals surface area contributed by atoms with E-state index in [1.807, 2.05) is 31.2 Å². The average Bonchev–Trinajstić information content (AvgIpc) is 2.47. The molecule has 4 nitrogen and oxygen atoms in total. The Hall–Kier alpha value is -2.33. The molecule has 0 fully saturated rings. The zero-order chi connectivity index (χ0) is 15.2. The molecular weight excluding hydrogens is 288 g/mol. The van der Waals surface area contributed by atoms with E-state index >= 15 is 0 Å². The second kappa shape index (κ2) is 6.90. The summed E-state index contributed by atoms with van der Waals surface area (Å²) < 4.78 is 0. The highest BCUT2D eigenvalue weighted by atomic mass is 35.5. The molecule has 0 saturated heterocycles. The molecule has 0 heterocycles. The average molecular weight is 303 g/mol. The molecule has 2 rings (SSSR count). The van der Waals surface area contributed by atoms with Crippen molar-refractivity contribution in [2.75, 3.05) is 0 Å². The highest BCUT2D eigenvalue weighted by Gasteiger charge is 2.09. The van der Waals surface area contributed by atoms with E-state index in [2.05, 4.69) is 10.9 Å². The lowest BCUT2D eigenvalue weighted by Gasteiger charge is -2.09.